The lowest BCUT2D eigenvalue weighted by molar-refractivity contribution is -0.152. The van der Waals surface area contributed by atoms with E-state index >= 15 is 0 Å². The second-order valence-electron chi connectivity index (χ2n) is 5.92. The van der Waals surface area contributed by atoms with E-state index in [9.17, 15) is 9.90 Å². The first-order valence-corrected chi connectivity index (χ1v) is 7.09. The summed E-state index contributed by atoms with van der Waals surface area (Å²) < 4.78 is 0. The van der Waals surface area contributed by atoms with Gasteiger partial charge in [0.05, 0.1) is 12.0 Å². The third kappa shape index (κ3) is 3.48. The topological polar surface area (TPSA) is 69.2 Å². The highest BCUT2D eigenvalue weighted by Crippen LogP contribution is 2.35. The predicted molar refractivity (Wildman–Crippen MR) is 77.2 cm³/mol. The molecule has 0 spiro atoms. The van der Waals surface area contributed by atoms with Crippen LogP contribution in [0.15, 0.2) is 24.0 Å². The normalized spacial score (nSPS) is 23.5. The maximum absolute atomic E-state index is 11.8. The summed E-state index contributed by atoms with van der Waals surface area (Å²) in [5.41, 5.74) is 0.524. The molecule has 0 saturated carbocycles. The molecule has 2 rings (SSSR count). The largest absolute Gasteiger partial charge is 0.481 e. The van der Waals surface area contributed by atoms with E-state index in [0.717, 1.165) is 25.2 Å². The van der Waals surface area contributed by atoms with Gasteiger partial charge in [0.1, 0.15) is 5.82 Å². The second kappa shape index (κ2) is 6.22. The van der Waals surface area contributed by atoms with Gasteiger partial charge in [-0.25, -0.2) is 4.98 Å². The summed E-state index contributed by atoms with van der Waals surface area (Å²) in [6.45, 7) is 6.24. The lowest BCUT2D eigenvalue weighted by Crippen LogP contribution is -2.47. The van der Waals surface area contributed by atoms with E-state index in [4.69, 9.17) is 0 Å². The molecule has 0 amide bonds. The third-order valence-electron chi connectivity index (χ3n) is 3.94. The van der Waals surface area contributed by atoms with E-state index in [0.29, 0.717) is 19.5 Å². The fraction of sp³-hybridized carbons (Fsp3) is 0.600. The molecule has 1 atom stereocenters. The quantitative estimate of drug-likeness (QED) is 0.811. The summed E-state index contributed by atoms with van der Waals surface area (Å²) in [4.78, 5) is 21.2. The average molecular weight is 277 g/mol. The number of hydrogen-bond donors (Lipinski definition) is 2. The van der Waals surface area contributed by atoms with E-state index in [1.54, 1.807) is 12.4 Å². The number of rotatable bonds is 5. The van der Waals surface area contributed by atoms with Crippen molar-refractivity contribution >= 4 is 5.97 Å². The maximum Gasteiger partial charge on any atom is 0.311 e. The van der Waals surface area contributed by atoms with Crippen LogP contribution in [0.2, 0.25) is 0 Å². The maximum atomic E-state index is 11.8. The molecule has 5 heteroatoms. The molecule has 1 saturated heterocycles. The number of carboxylic acids is 1. The van der Waals surface area contributed by atoms with E-state index < -0.39 is 11.4 Å². The number of nitrogens with zero attached hydrogens (tertiary/aromatic N) is 2. The van der Waals surface area contributed by atoms with Gasteiger partial charge in [0, 0.05) is 18.9 Å². The Morgan fingerprint density at radius 3 is 3.00 bits per heavy atom. The van der Waals surface area contributed by atoms with Crippen LogP contribution in [0.25, 0.3) is 0 Å². The van der Waals surface area contributed by atoms with E-state index in [1.165, 1.54) is 5.57 Å². The Balaban J connectivity index is 2.08. The van der Waals surface area contributed by atoms with Crippen LogP contribution in [0.1, 0.15) is 38.9 Å². The summed E-state index contributed by atoms with van der Waals surface area (Å²) in [5, 5.41) is 9.67. The zero-order valence-electron chi connectivity index (χ0n) is 12.2. The van der Waals surface area contributed by atoms with Crippen LogP contribution in [-0.2, 0) is 11.3 Å². The number of hydrogen-bond acceptors (Lipinski definition) is 3. The van der Waals surface area contributed by atoms with Gasteiger partial charge >= 0.3 is 5.97 Å². The van der Waals surface area contributed by atoms with Crippen molar-refractivity contribution in [3.05, 3.63) is 29.9 Å². The Kier molecular flexibility index (Phi) is 4.60. The van der Waals surface area contributed by atoms with Gasteiger partial charge in [0.25, 0.3) is 0 Å². The molecule has 110 valence electrons. The Morgan fingerprint density at radius 1 is 1.60 bits per heavy atom. The smallest absolute Gasteiger partial charge is 0.311 e. The minimum atomic E-state index is -0.681. The molecule has 1 unspecified atom stereocenters. The fourth-order valence-electron chi connectivity index (χ4n) is 2.79. The number of aromatic nitrogens is 2. The Bertz CT molecular complexity index is 477. The molecular weight excluding hydrogens is 254 g/mol. The predicted octanol–water partition coefficient (Wildman–Crippen LogP) is 2.43. The first kappa shape index (κ1) is 14.8. The van der Waals surface area contributed by atoms with E-state index in [2.05, 4.69) is 14.9 Å². The number of likely N-dealkylation sites (tertiary alicyclic amines) is 1. The highest BCUT2D eigenvalue weighted by molar-refractivity contribution is 5.75. The number of carboxylic acid groups (broad SMARTS) is 1. The second-order valence-corrected chi connectivity index (χ2v) is 5.92. The fourth-order valence-corrected chi connectivity index (χ4v) is 2.79. The first-order chi connectivity index (χ1) is 9.52. The number of imidazole rings is 1. The van der Waals surface area contributed by atoms with Crippen LogP contribution in [-0.4, -0.2) is 39.0 Å². The zero-order valence-corrected chi connectivity index (χ0v) is 12.2. The number of piperidine rings is 1. The van der Waals surface area contributed by atoms with Crippen molar-refractivity contribution in [3.63, 3.8) is 0 Å². The van der Waals surface area contributed by atoms with Crippen molar-refractivity contribution in [2.75, 3.05) is 13.1 Å². The van der Waals surface area contributed by atoms with E-state index in [-0.39, 0.29) is 0 Å². The minimum Gasteiger partial charge on any atom is -0.481 e. The van der Waals surface area contributed by atoms with Crippen molar-refractivity contribution in [2.45, 2.75) is 39.7 Å². The van der Waals surface area contributed by atoms with Crippen LogP contribution >= 0.6 is 0 Å². The van der Waals surface area contributed by atoms with Crippen molar-refractivity contribution in [3.8, 4) is 0 Å². The van der Waals surface area contributed by atoms with Gasteiger partial charge in [-0.2, -0.15) is 0 Å². The minimum absolute atomic E-state index is 0.590. The molecule has 5 nitrogen and oxygen atoms in total. The molecule has 0 radical (unpaired) electrons. The van der Waals surface area contributed by atoms with Crippen molar-refractivity contribution in [1.82, 2.24) is 14.9 Å². The molecule has 1 fully saturated rings. The third-order valence-corrected chi connectivity index (χ3v) is 3.94. The molecule has 20 heavy (non-hydrogen) atoms. The molecule has 1 aliphatic heterocycles. The molecule has 0 aromatic carbocycles. The molecular formula is C15H23N3O2. The number of H-pyrrole nitrogens is 1. The summed E-state index contributed by atoms with van der Waals surface area (Å²) >= 11 is 0. The lowest BCUT2D eigenvalue weighted by atomic mass is 9.76. The van der Waals surface area contributed by atoms with Crippen LogP contribution in [0.5, 0.6) is 0 Å². The summed E-state index contributed by atoms with van der Waals surface area (Å²) in [6.07, 6.45) is 7.86. The van der Waals surface area contributed by atoms with Gasteiger partial charge < -0.3 is 10.1 Å². The molecule has 1 aromatic rings. The Morgan fingerprint density at radius 2 is 2.40 bits per heavy atom. The van der Waals surface area contributed by atoms with Crippen LogP contribution < -0.4 is 0 Å². The van der Waals surface area contributed by atoms with Crippen molar-refractivity contribution in [1.29, 1.82) is 0 Å². The Labute approximate surface area is 119 Å². The number of aliphatic carboxylic acids is 1. The number of nitrogens with one attached hydrogen (secondary N) is 1. The highest BCUT2D eigenvalue weighted by Gasteiger charge is 2.41. The average Bonchev–Trinajstić information content (AvgIpc) is 2.89. The molecule has 0 bridgehead atoms. The summed E-state index contributed by atoms with van der Waals surface area (Å²) in [7, 11) is 0. The van der Waals surface area contributed by atoms with Gasteiger partial charge in [0.2, 0.25) is 0 Å². The number of allylic oxidation sites excluding steroid dienone is 2. The van der Waals surface area contributed by atoms with Gasteiger partial charge in [-0.05, 0) is 39.7 Å². The summed E-state index contributed by atoms with van der Waals surface area (Å²) in [6, 6.07) is 0. The number of carbonyl (C=O) groups is 1. The highest BCUT2D eigenvalue weighted by atomic mass is 16.4. The molecule has 1 aliphatic rings. The van der Waals surface area contributed by atoms with Gasteiger partial charge in [-0.1, -0.05) is 11.6 Å². The van der Waals surface area contributed by atoms with Crippen LogP contribution in [0, 0.1) is 5.41 Å². The van der Waals surface area contributed by atoms with Crippen LogP contribution in [0.4, 0.5) is 0 Å². The zero-order chi connectivity index (χ0) is 14.6. The lowest BCUT2D eigenvalue weighted by Gasteiger charge is -2.39. The number of aromatic amines is 1. The van der Waals surface area contributed by atoms with Crippen molar-refractivity contribution in [2.24, 2.45) is 5.41 Å². The molecule has 2 N–H and O–H groups in total. The van der Waals surface area contributed by atoms with Crippen molar-refractivity contribution < 1.29 is 9.90 Å². The SMILES string of the molecule is CC(C)=CCC1(C(=O)O)CCCN(Cc2ncc[nH]2)C1. The van der Waals surface area contributed by atoms with E-state index in [1.807, 2.05) is 19.9 Å². The molecule has 0 aliphatic carbocycles. The standard InChI is InChI=1S/C15H23N3O2/c1-12(2)4-6-15(14(19)20)5-3-9-18(11-15)10-13-16-7-8-17-13/h4,7-8H,3,5-6,9-11H2,1-2H3,(H,16,17)(H,19,20). The van der Waals surface area contributed by atoms with Gasteiger partial charge in [0.15, 0.2) is 0 Å². The monoisotopic (exact) mass is 277 g/mol. The van der Waals surface area contributed by atoms with Gasteiger partial charge in [-0.3, -0.25) is 9.69 Å². The molecule has 1 aromatic heterocycles. The first-order valence-electron chi connectivity index (χ1n) is 7.09. The Hall–Kier alpha value is -1.62. The summed E-state index contributed by atoms with van der Waals surface area (Å²) in [5.74, 6) is 0.215. The van der Waals surface area contributed by atoms with Gasteiger partial charge in [-0.15, -0.1) is 0 Å². The molecule has 2 heterocycles. The van der Waals surface area contributed by atoms with Crippen LogP contribution in [0.3, 0.4) is 0 Å².